The number of aryl methyl sites for hydroxylation is 1. The third-order valence-electron chi connectivity index (χ3n) is 4.95. The first-order chi connectivity index (χ1) is 12.2. The number of hydrogen-bond acceptors (Lipinski definition) is 4. The van der Waals surface area contributed by atoms with Gasteiger partial charge in [-0.1, -0.05) is 41.6 Å². The summed E-state index contributed by atoms with van der Waals surface area (Å²) < 4.78 is 5.32. The highest BCUT2D eigenvalue weighted by molar-refractivity contribution is 6.05. The summed E-state index contributed by atoms with van der Waals surface area (Å²) in [4.78, 5) is 20.4. The zero-order valence-corrected chi connectivity index (χ0v) is 14.3. The van der Waals surface area contributed by atoms with E-state index < -0.39 is 0 Å². The second-order valence-electron chi connectivity index (χ2n) is 6.45. The van der Waals surface area contributed by atoms with Crippen LogP contribution >= 0.6 is 0 Å². The van der Waals surface area contributed by atoms with E-state index in [9.17, 15) is 4.79 Å². The summed E-state index contributed by atoms with van der Waals surface area (Å²) in [6.45, 7) is 3.22. The van der Waals surface area contributed by atoms with Gasteiger partial charge in [-0.3, -0.25) is 4.79 Å². The van der Waals surface area contributed by atoms with Crippen LogP contribution in [0.15, 0.2) is 53.7 Å². The van der Waals surface area contributed by atoms with Crippen LogP contribution in [-0.2, 0) is 4.84 Å². The summed E-state index contributed by atoms with van der Waals surface area (Å²) in [6, 6.07) is 15.5. The second-order valence-corrected chi connectivity index (χ2v) is 6.45. The Kier molecular flexibility index (Phi) is 3.92. The summed E-state index contributed by atoms with van der Waals surface area (Å²) in [5.41, 5.74) is 3.79. The molecule has 4 rings (SSSR count). The molecule has 0 aromatic heterocycles. The van der Waals surface area contributed by atoms with Crippen LogP contribution in [0.4, 0.5) is 0 Å². The van der Waals surface area contributed by atoms with E-state index in [4.69, 9.17) is 9.57 Å². The van der Waals surface area contributed by atoms with Crippen LogP contribution in [-0.4, -0.2) is 42.8 Å². The van der Waals surface area contributed by atoms with Crippen molar-refractivity contribution in [3.8, 4) is 5.75 Å². The van der Waals surface area contributed by atoms with Gasteiger partial charge >= 0.3 is 0 Å². The molecule has 0 aliphatic carbocycles. The van der Waals surface area contributed by atoms with Gasteiger partial charge < -0.3 is 14.5 Å². The third-order valence-corrected chi connectivity index (χ3v) is 4.95. The molecule has 5 heteroatoms. The zero-order valence-electron chi connectivity index (χ0n) is 14.3. The lowest BCUT2D eigenvalue weighted by atomic mass is 9.92. The Labute approximate surface area is 146 Å². The molecule has 1 saturated heterocycles. The van der Waals surface area contributed by atoms with Gasteiger partial charge in [0, 0.05) is 12.1 Å². The molecular weight excluding hydrogens is 316 g/mol. The van der Waals surface area contributed by atoms with Crippen molar-refractivity contribution in [3.63, 3.8) is 0 Å². The summed E-state index contributed by atoms with van der Waals surface area (Å²) >= 11 is 0. The van der Waals surface area contributed by atoms with E-state index >= 15 is 0 Å². The minimum absolute atomic E-state index is 0.0282. The smallest absolute Gasteiger partial charge is 0.257 e. The van der Waals surface area contributed by atoms with Crippen LogP contribution in [0.1, 0.15) is 21.5 Å². The number of methoxy groups -OCH3 is 1. The topological polar surface area (TPSA) is 51.1 Å². The number of para-hydroxylation sites is 1. The van der Waals surface area contributed by atoms with E-state index in [0.717, 1.165) is 11.3 Å². The van der Waals surface area contributed by atoms with Crippen molar-refractivity contribution < 1.29 is 14.4 Å². The Morgan fingerprint density at radius 2 is 1.92 bits per heavy atom. The third kappa shape index (κ3) is 2.65. The number of fused-ring (bicyclic) bond motifs is 1. The quantitative estimate of drug-likeness (QED) is 0.866. The Morgan fingerprint density at radius 3 is 2.72 bits per heavy atom. The normalized spacial score (nSPS) is 21.5. The number of likely N-dealkylation sites (tertiary alicyclic amines) is 1. The molecular formula is C20H20N2O3. The molecule has 5 nitrogen and oxygen atoms in total. The molecule has 2 atom stereocenters. The van der Waals surface area contributed by atoms with E-state index in [1.807, 2.05) is 29.2 Å². The average Bonchev–Trinajstić information content (AvgIpc) is 3.22. The Bertz CT molecular complexity index is 846. The number of amides is 1. The molecule has 2 aromatic carbocycles. The summed E-state index contributed by atoms with van der Waals surface area (Å²) in [5, 5.41) is 4.31. The number of hydrogen-bond donors (Lipinski definition) is 0. The fraction of sp³-hybridized carbons (Fsp3) is 0.300. The second kappa shape index (κ2) is 6.24. The minimum Gasteiger partial charge on any atom is -0.496 e. The minimum atomic E-state index is -0.0757. The van der Waals surface area contributed by atoms with Crippen LogP contribution in [0.3, 0.4) is 0 Å². The number of nitrogens with zero attached hydrogens (tertiary/aromatic N) is 2. The van der Waals surface area contributed by atoms with Gasteiger partial charge in [0.05, 0.1) is 30.8 Å². The highest BCUT2D eigenvalue weighted by Gasteiger charge is 2.44. The summed E-state index contributed by atoms with van der Waals surface area (Å²) in [5.74, 6) is 0.678. The Balaban J connectivity index is 1.57. The van der Waals surface area contributed by atoms with Crippen molar-refractivity contribution in [1.82, 2.24) is 4.90 Å². The largest absolute Gasteiger partial charge is 0.496 e. The maximum Gasteiger partial charge on any atom is 0.257 e. The van der Waals surface area contributed by atoms with Crippen molar-refractivity contribution in [3.05, 3.63) is 65.2 Å². The van der Waals surface area contributed by atoms with Crippen molar-refractivity contribution in [2.75, 3.05) is 20.2 Å². The van der Waals surface area contributed by atoms with Crippen LogP contribution in [0.5, 0.6) is 5.75 Å². The highest BCUT2D eigenvalue weighted by Crippen LogP contribution is 2.32. The molecule has 0 saturated carbocycles. The molecule has 128 valence electrons. The molecule has 2 aliphatic rings. The van der Waals surface area contributed by atoms with E-state index in [0.29, 0.717) is 24.4 Å². The van der Waals surface area contributed by atoms with Gasteiger partial charge in [0.15, 0.2) is 6.10 Å². The molecule has 0 N–H and O–H groups in total. The van der Waals surface area contributed by atoms with Gasteiger partial charge in [-0.15, -0.1) is 0 Å². The van der Waals surface area contributed by atoms with Gasteiger partial charge in [-0.25, -0.2) is 0 Å². The molecule has 0 radical (unpaired) electrons. The molecule has 0 bridgehead atoms. The maximum atomic E-state index is 12.9. The monoisotopic (exact) mass is 336 g/mol. The van der Waals surface area contributed by atoms with Crippen LogP contribution in [0.25, 0.3) is 0 Å². The van der Waals surface area contributed by atoms with E-state index in [1.54, 1.807) is 19.2 Å². The van der Waals surface area contributed by atoms with Crippen molar-refractivity contribution in [2.24, 2.45) is 11.1 Å². The van der Waals surface area contributed by atoms with Crippen molar-refractivity contribution in [1.29, 1.82) is 0 Å². The SMILES string of the molecule is COc1ccccc1C(=O)N1CC2ON=C(c3ccccc3C)C2C1. The van der Waals surface area contributed by atoms with Gasteiger partial charge in [0.25, 0.3) is 5.91 Å². The van der Waals surface area contributed by atoms with Crippen LogP contribution < -0.4 is 4.74 Å². The first-order valence-corrected chi connectivity index (χ1v) is 8.41. The number of carbonyl (C=O) groups is 1. The van der Waals surface area contributed by atoms with Gasteiger partial charge in [0.1, 0.15) is 5.75 Å². The van der Waals surface area contributed by atoms with Crippen molar-refractivity contribution in [2.45, 2.75) is 13.0 Å². The molecule has 2 aliphatic heterocycles. The number of oxime groups is 1. The van der Waals surface area contributed by atoms with Gasteiger partial charge in [0.2, 0.25) is 0 Å². The highest BCUT2D eigenvalue weighted by atomic mass is 16.6. The van der Waals surface area contributed by atoms with Crippen molar-refractivity contribution >= 4 is 11.6 Å². The average molecular weight is 336 g/mol. The molecule has 0 spiro atoms. The van der Waals surface area contributed by atoms with Crippen LogP contribution in [0, 0.1) is 12.8 Å². The standard InChI is InChI=1S/C20H20N2O3/c1-13-7-3-4-8-14(13)19-16-11-22(12-18(16)25-21-19)20(23)15-9-5-6-10-17(15)24-2/h3-10,16,18H,11-12H2,1-2H3. The lowest BCUT2D eigenvalue weighted by molar-refractivity contribution is 0.0629. The molecule has 25 heavy (non-hydrogen) atoms. The molecule has 2 aromatic rings. The van der Waals surface area contributed by atoms with E-state index in [1.165, 1.54) is 5.56 Å². The first kappa shape index (κ1) is 15.7. The number of carbonyl (C=O) groups excluding carboxylic acids is 1. The maximum absolute atomic E-state index is 12.9. The Morgan fingerprint density at radius 1 is 1.16 bits per heavy atom. The number of ether oxygens (including phenoxy) is 1. The molecule has 2 unspecified atom stereocenters. The number of benzene rings is 2. The van der Waals surface area contributed by atoms with Gasteiger partial charge in [-0.2, -0.15) is 0 Å². The predicted molar refractivity (Wildman–Crippen MR) is 95.0 cm³/mol. The molecule has 1 amide bonds. The zero-order chi connectivity index (χ0) is 17.4. The van der Waals surface area contributed by atoms with Crippen LogP contribution in [0.2, 0.25) is 0 Å². The first-order valence-electron chi connectivity index (χ1n) is 8.41. The molecule has 1 fully saturated rings. The lowest BCUT2D eigenvalue weighted by Crippen LogP contribution is -2.31. The Hall–Kier alpha value is -2.82. The van der Waals surface area contributed by atoms with Gasteiger partial charge in [-0.05, 0) is 24.6 Å². The molecule has 2 heterocycles. The summed E-state index contributed by atoms with van der Waals surface area (Å²) in [7, 11) is 1.58. The number of rotatable bonds is 3. The lowest BCUT2D eigenvalue weighted by Gasteiger charge is -2.18. The van der Waals surface area contributed by atoms with E-state index in [2.05, 4.69) is 24.2 Å². The van der Waals surface area contributed by atoms with E-state index in [-0.39, 0.29) is 17.9 Å². The predicted octanol–water partition coefficient (Wildman–Crippen LogP) is 2.88. The fourth-order valence-electron chi connectivity index (χ4n) is 3.60. The fourth-order valence-corrected chi connectivity index (χ4v) is 3.60. The summed E-state index contributed by atoms with van der Waals surface area (Å²) in [6.07, 6.45) is -0.0757.